The summed E-state index contributed by atoms with van der Waals surface area (Å²) in [6.45, 7) is 4.98. The Balaban J connectivity index is 2.67. The fourth-order valence-corrected chi connectivity index (χ4v) is 1.74. The van der Waals surface area contributed by atoms with Crippen LogP contribution in [0.5, 0.6) is 0 Å². The van der Waals surface area contributed by atoms with Crippen LogP contribution in [0.3, 0.4) is 0 Å². The van der Waals surface area contributed by atoms with Crippen LogP contribution < -0.4 is 0 Å². The summed E-state index contributed by atoms with van der Waals surface area (Å²) in [6.07, 6.45) is 1.46. The molecule has 2 N–H and O–H groups in total. The third-order valence-electron chi connectivity index (χ3n) is 3.01. The van der Waals surface area contributed by atoms with E-state index in [1.165, 1.54) is 0 Å². The lowest BCUT2D eigenvalue weighted by molar-refractivity contribution is -0.145. The van der Waals surface area contributed by atoms with E-state index in [0.29, 0.717) is 12.8 Å². The van der Waals surface area contributed by atoms with E-state index in [1.807, 2.05) is 0 Å². The first-order valence-electron chi connectivity index (χ1n) is 4.71. The van der Waals surface area contributed by atoms with Crippen molar-refractivity contribution in [1.82, 2.24) is 0 Å². The summed E-state index contributed by atoms with van der Waals surface area (Å²) in [4.78, 5) is 11.4. The summed E-state index contributed by atoms with van der Waals surface area (Å²) in [6, 6.07) is 0. The quantitative estimate of drug-likeness (QED) is 0.639. The Morgan fingerprint density at radius 1 is 1.54 bits per heavy atom. The van der Waals surface area contributed by atoms with Crippen LogP contribution in [0.25, 0.3) is 0 Å². The summed E-state index contributed by atoms with van der Waals surface area (Å²) < 4.78 is 0. The van der Waals surface area contributed by atoms with Gasteiger partial charge in [0.15, 0.2) is 5.78 Å². The lowest BCUT2D eigenvalue weighted by Crippen LogP contribution is -2.45. The number of hydrogen-bond acceptors (Lipinski definition) is 3. The molecule has 0 aliphatic heterocycles. The van der Waals surface area contributed by atoms with E-state index in [4.69, 9.17) is 0 Å². The third kappa shape index (κ3) is 2.29. The van der Waals surface area contributed by atoms with Crippen LogP contribution in [0, 0.1) is 5.92 Å². The monoisotopic (exact) mass is 186 g/mol. The van der Waals surface area contributed by atoms with Gasteiger partial charge in [-0.3, -0.25) is 4.79 Å². The lowest BCUT2D eigenvalue weighted by Gasteiger charge is -2.37. The zero-order valence-corrected chi connectivity index (χ0v) is 8.50. The van der Waals surface area contributed by atoms with Gasteiger partial charge in [0, 0.05) is 6.42 Å². The second-order valence-electron chi connectivity index (χ2n) is 4.79. The third-order valence-corrected chi connectivity index (χ3v) is 3.01. The Bertz CT molecular complexity index is 213. The van der Waals surface area contributed by atoms with Crippen LogP contribution in [-0.2, 0) is 4.79 Å². The Kier molecular flexibility index (Phi) is 2.52. The van der Waals surface area contributed by atoms with Gasteiger partial charge in [-0.1, -0.05) is 0 Å². The van der Waals surface area contributed by atoms with E-state index in [9.17, 15) is 15.0 Å². The molecular formula is C10H18O3. The van der Waals surface area contributed by atoms with Gasteiger partial charge in [0.05, 0.1) is 5.60 Å². The molecule has 3 nitrogen and oxygen atoms in total. The summed E-state index contributed by atoms with van der Waals surface area (Å²) >= 11 is 0. The topological polar surface area (TPSA) is 57.5 Å². The molecule has 2 unspecified atom stereocenters. The van der Waals surface area contributed by atoms with Gasteiger partial charge in [-0.15, -0.1) is 0 Å². The molecule has 0 bridgehead atoms. The number of ketones is 1. The van der Waals surface area contributed by atoms with E-state index in [0.717, 1.165) is 0 Å². The van der Waals surface area contributed by atoms with Crippen LogP contribution in [0.2, 0.25) is 0 Å². The molecule has 0 heterocycles. The Morgan fingerprint density at radius 3 is 2.46 bits per heavy atom. The van der Waals surface area contributed by atoms with Gasteiger partial charge in [-0.25, -0.2) is 0 Å². The van der Waals surface area contributed by atoms with E-state index < -0.39 is 11.2 Å². The molecule has 0 aromatic rings. The normalized spacial score (nSPS) is 36.4. The van der Waals surface area contributed by atoms with Crippen molar-refractivity contribution in [3.63, 3.8) is 0 Å². The molecule has 13 heavy (non-hydrogen) atoms. The molecule has 0 aromatic carbocycles. The molecule has 1 rings (SSSR count). The number of carbonyl (C=O) groups excluding carboxylic acids is 1. The van der Waals surface area contributed by atoms with Gasteiger partial charge in [0.25, 0.3) is 0 Å². The maximum Gasteiger partial charge on any atom is 0.164 e. The van der Waals surface area contributed by atoms with Crippen molar-refractivity contribution in [3.8, 4) is 0 Å². The fraction of sp³-hybridized carbons (Fsp3) is 0.900. The van der Waals surface area contributed by atoms with Crippen LogP contribution in [-0.4, -0.2) is 27.2 Å². The first-order valence-corrected chi connectivity index (χ1v) is 4.71. The molecule has 1 fully saturated rings. The van der Waals surface area contributed by atoms with Gasteiger partial charge >= 0.3 is 0 Å². The lowest BCUT2D eigenvalue weighted by atomic mass is 9.73. The Morgan fingerprint density at radius 2 is 2.08 bits per heavy atom. The van der Waals surface area contributed by atoms with E-state index >= 15 is 0 Å². The summed E-state index contributed by atoms with van der Waals surface area (Å²) in [5.41, 5.74) is -1.98. The zero-order chi connectivity index (χ0) is 10.3. The highest BCUT2D eigenvalue weighted by atomic mass is 16.3. The minimum absolute atomic E-state index is 0.0137. The summed E-state index contributed by atoms with van der Waals surface area (Å²) in [5, 5.41) is 19.3. The van der Waals surface area contributed by atoms with Crippen molar-refractivity contribution in [2.24, 2.45) is 5.92 Å². The zero-order valence-electron chi connectivity index (χ0n) is 8.50. The van der Waals surface area contributed by atoms with Gasteiger partial charge in [-0.05, 0) is 39.5 Å². The highest BCUT2D eigenvalue weighted by molar-refractivity contribution is 5.87. The second kappa shape index (κ2) is 3.07. The van der Waals surface area contributed by atoms with Crippen molar-refractivity contribution in [2.45, 2.75) is 51.2 Å². The van der Waals surface area contributed by atoms with Crippen molar-refractivity contribution < 1.29 is 15.0 Å². The maximum absolute atomic E-state index is 11.4. The van der Waals surface area contributed by atoms with Crippen molar-refractivity contribution >= 4 is 5.78 Å². The summed E-state index contributed by atoms with van der Waals surface area (Å²) in [7, 11) is 0. The molecule has 0 radical (unpaired) electrons. The first kappa shape index (κ1) is 10.7. The number of Topliss-reactive ketones (excluding diaryl/α,β-unsaturated/α-hetero) is 1. The van der Waals surface area contributed by atoms with Crippen molar-refractivity contribution in [1.29, 1.82) is 0 Å². The van der Waals surface area contributed by atoms with Crippen LogP contribution in [0.1, 0.15) is 40.0 Å². The average Bonchev–Trinajstić information content (AvgIpc) is 1.92. The molecular weight excluding hydrogens is 168 g/mol. The highest BCUT2D eigenvalue weighted by Gasteiger charge is 2.41. The molecule has 0 spiro atoms. The number of rotatable bonds is 1. The van der Waals surface area contributed by atoms with E-state index in [1.54, 1.807) is 20.8 Å². The number of aliphatic hydroxyl groups is 2. The van der Waals surface area contributed by atoms with Gasteiger partial charge in [-0.2, -0.15) is 0 Å². The van der Waals surface area contributed by atoms with E-state index in [-0.39, 0.29) is 18.1 Å². The molecule has 0 aromatic heterocycles. The molecule has 1 aliphatic rings. The van der Waals surface area contributed by atoms with Crippen LogP contribution >= 0.6 is 0 Å². The minimum atomic E-state index is -1.16. The predicted molar refractivity (Wildman–Crippen MR) is 49.3 cm³/mol. The number of hydrogen-bond donors (Lipinski definition) is 2. The Hall–Kier alpha value is -0.410. The Labute approximate surface area is 78.8 Å². The molecule has 0 amide bonds. The largest absolute Gasteiger partial charge is 0.390 e. The molecule has 3 heteroatoms. The SMILES string of the molecule is CC1(O)CCC(C(C)(C)O)CC1=O. The standard InChI is InChI=1S/C10H18O3/c1-9(2,12)7-4-5-10(3,13)8(11)6-7/h7,12-13H,4-6H2,1-3H3. The van der Waals surface area contributed by atoms with Crippen molar-refractivity contribution in [3.05, 3.63) is 0 Å². The van der Waals surface area contributed by atoms with Gasteiger partial charge < -0.3 is 10.2 Å². The minimum Gasteiger partial charge on any atom is -0.390 e. The van der Waals surface area contributed by atoms with Gasteiger partial charge in [0.2, 0.25) is 0 Å². The maximum atomic E-state index is 11.4. The highest BCUT2D eigenvalue weighted by Crippen LogP contribution is 2.34. The van der Waals surface area contributed by atoms with E-state index in [2.05, 4.69) is 0 Å². The van der Waals surface area contributed by atoms with Crippen LogP contribution in [0.4, 0.5) is 0 Å². The predicted octanol–water partition coefficient (Wildman–Crippen LogP) is 0.877. The molecule has 2 atom stereocenters. The summed E-state index contributed by atoms with van der Waals surface area (Å²) in [5.74, 6) is -0.161. The first-order chi connectivity index (χ1) is 5.73. The smallest absolute Gasteiger partial charge is 0.164 e. The van der Waals surface area contributed by atoms with Crippen LogP contribution in [0.15, 0.2) is 0 Å². The van der Waals surface area contributed by atoms with Crippen molar-refractivity contribution in [2.75, 3.05) is 0 Å². The molecule has 76 valence electrons. The van der Waals surface area contributed by atoms with Gasteiger partial charge in [0.1, 0.15) is 5.60 Å². The second-order valence-corrected chi connectivity index (χ2v) is 4.79. The number of carbonyl (C=O) groups is 1. The fourth-order valence-electron chi connectivity index (χ4n) is 1.74. The molecule has 1 saturated carbocycles. The molecule has 1 aliphatic carbocycles. The average molecular weight is 186 g/mol. The molecule has 0 saturated heterocycles.